The molecule has 0 saturated heterocycles. The van der Waals surface area contributed by atoms with Crippen LogP contribution in [0.25, 0.3) is 0 Å². The van der Waals surface area contributed by atoms with Gasteiger partial charge in [-0.3, -0.25) is 0 Å². The van der Waals surface area contributed by atoms with Gasteiger partial charge in [0.1, 0.15) is 11.5 Å². The molecule has 0 saturated carbocycles. The lowest BCUT2D eigenvalue weighted by Gasteiger charge is -2.21. The van der Waals surface area contributed by atoms with E-state index in [4.69, 9.17) is 9.47 Å². The minimum Gasteiger partial charge on any atom is -0.496 e. The summed E-state index contributed by atoms with van der Waals surface area (Å²) in [6, 6.07) is 14.3. The molecule has 0 aliphatic heterocycles. The molecule has 4 heteroatoms. The summed E-state index contributed by atoms with van der Waals surface area (Å²) in [6.45, 7) is 0. The van der Waals surface area contributed by atoms with Crippen LogP contribution in [-0.4, -0.2) is 21.3 Å². The van der Waals surface area contributed by atoms with Gasteiger partial charge in [0.05, 0.1) is 14.2 Å². The fraction of sp³-hybridized carbons (Fsp3) is 0.294. The molecular weight excluding hydrogens is 330 g/mol. The van der Waals surface area contributed by atoms with Crippen molar-refractivity contribution in [3.63, 3.8) is 0 Å². The summed E-state index contributed by atoms with van der Waals surface area (Å²) in [4.78, 5) is 0. The average Bonchev–Trinajstić information content (AvgIpc) is 2.53. The van der Waals surface area contributed by atoms with Crippen LogP contribution < -0.4 is 14.8 Å². The molecule has 1 atom stereocenters. The number of halogens is 1. The molecule has 0 amide bonds. The Labute approximate surface area is 134 Å². The molecule has 21 heavy (non-hydrogen) atoms. The second kappa shape index (κ2) is 7.48. The highest BCUT2D eigenvalue weighted by molar-refractivity contribution is 9.10. The summed E-state index contributed by atoms with van der Waals surface area (Å²) in [5, 5.41) is 3.36. The molecule has 1 unspecified atom stereocenters. The van der Waals surface area contributed by atoms with Crippen LogP contribution in [0.15, 0.2) is 46.9 Å². The van der Waals surface area contributed by atoms with E-state index in [1.165, 1.54) is 5.56 Å². The summed E-state index contributed by atoms with van der Waals surface area (Å²) in [5.41, 5.74) is 2.29. The normalized spacial score (nSPS) is 12.0. The van der Waals surface area contributed by atoms with Crippen LogP contribution in [0.2, 0.25) is 0 Å². The highest BCUT2D eigenvalue weighted by Crippen LogP contribution is 2.32. The summed E-state index contributed by atoms with van der Waals surface area (Å²) in [7, 11) is 5.36. The number of para-hydroxylation sites is 1. The van der Waals surface area contributed by atoms with Gasteiger partial charge in [-0.15, -0.1) is 0 Å². The van der Waals surface area contributed by atoms with E-state index in [0.29, 0.717) is 0 Å². The average molecular weight is 350 g/mol. The fourth-order valence-electron chi connectivity index (χ4n) is 2.44. The van der Waals surface area contributed by atoms with Crippen molar-refractivity contribution in [3.8, 4) is 11.5 Å². The molecule has 112 valence electrons. The van der Waals surface area contributed by atoms with Crippen molar-refractivity contribution in [3.05, 3.63) is 58.1 Å². The predicted molar refractivity (Wildman–Crippen MR) is 89.2 cm³/mol. The SMILES string of the molecule is CNC(Cc1ccccc1OC)c1cc(Br)ccc1OC. The van der Waals surface area contributed by atoms with Crippen LogP contribution in [0.1, 0.15) is 17.2 Å². The van der Waals surface area contributed by atoms with E-state index in [1.807, 2.05) is 37.4 Å². The van der Waals surface area contributed by atoms with E-state index >= 15 is 0 Å². The lowest BCUT2D eigenvalue weighted by molar-refractivity contribution is 0.395. The van der Waals surface area contributed by atoms with E-state index in [0.717, 1.165) is 28.0 Å². The maximum absolute atomic E-state index is 5.49. The van der Waals surface area contributed by atoms with Gasteiger partial charge in [0.25, 0.3) is 0 Å². The van der Waals surface area contributed by atoms with Gasteiger partial charge in [-0.05, 0) is 43.3 Å². The molecule has 0 bridgehead atoms. The topological polar surface area (TPSA) is 30.5 Å². The van der Waals surface area contributed by atoms with E-state index in [2.05, 4.69) is 33.4 Å². The minimum atomic E-state index is 0.147. The molecule has 0 spiro atoms. The monoisotopic (exact) mass is 349 g/mol. The summed E-state index contributed by atoms with van der Waals surface area (Å²) >= 11 is 3.53. The van der Waals surface area contributed by atoms with Gasteiger partial charge in [-0.2, -0.15) is 0 Å². The van der Waals surface area contributed by atoms with Crippen LogP contribution in [-0.2, 0) is 6.42 Å². The van der Waals surface area contributed by atoms with Gasteiger partial charge in [-0.25, -0.2) is 0 Å². The third kappa shape index (κ3) is 3.77. The second-order valence-electron chi connectivity index (χ2n) is 4.74. The molecule has 3 nitrogen and oxygen atoms in total. The number of benzene rings is 2. The number of hydrogen-bond donors (Lipinski definition) is 1. The number of methoxy groups -OCH3 is 2. The van der Waals surface area contributed by atoms with Crippen LogP contribution in [0.4, 0.5) is 0 Å². The maximum Gasteiger partial charge on any atom is 0.123 e. The van der Waals surface area contributed by atoms with Crippen molar-refractivity contribution in [1.82, 2.24) is 5.32 Å². The predicted octanol–water partition coefficient (Wildman–Crippen LogP) is 3.97. The van der Waals surface area contributed by atoms with Crippen molar-refractivity contribution >= 4 is 15.9 Å². The zero-order valence-corrected chi connectivity index (χ0v) is 14.1. The quantitative estimate of drug-likeness (QED) is 0.855. The first-order chi connectivity index (χ1) is 10.2. The Morgan fingerprint density at radius 1 is 1.05 bits per heavy atom. The van der Waals surface area contributed by atoms with Crippen molar-refractivity contribution in [2.24, 2.45) is 0 Å². The van der Waals surface area contributed by atoms with Crippen LogP contribution in [0.5, 0.6) is 11.5 Å². The Hall–Kier alpha value is -1.52. The third-order valence-corrected chi connectivity index (χ3v) is 4.03. The smallest absolute Gasteiger partial charge is 0.123 e. The van der Waals surface area contributed by atoms with E-state index < -0.39 is 0 Å². The molecule has 0 aromatic heterocycles. The van der Waals surface area contributed by atoms with Crippen molar-refractivity contribution in [1.29, 1.82) is 0 Å². The van der Waals surface area contributed by atoms with Crippen molar-refractivity contribution < 1.29 is 9.47 Å². The number of likely N-dealkylation sites (N-methyl/N-ethyl adjacent to an activating group) is 1. The van der Waals surface area contributed by atoms with Crippen LogP contribution in [0.3, 0.4) is 0 Å². The largest absolute Gasteiger partial charge is 0.496 e. The molecular formula is C17H20BrNO2. The summed E-state index contributed by atoms with van der Waals surface area (Å²) in [6.07, 6.45) is 0.827. The molecule has 0 aliphatic carbocycles. The third-order valence-electron chi connectivity index (χ3n) is 3.53. The van der Waals surface area contributed by atoms with Crippen molar-refractivity contribution in [2.45, 2.75) is 12.5 Å². The first-order valence-corrected chi connectivity index (χ1v) is 7.61. The van der Waals surface area contributed by atoms with Gasteiger partial charge in [-0.1, -0.05) is 34.1 Å². The molecule has 0 aliphatic rings. The Bertz CT molecular complexity index is 601. The number of rotatable bonds is 6. The van der Waals surface area contributed by atoms with Crippen LogP contribution in [0, 0.1) is 0 Å². The first kappa shape index (κ1) is 15.9. The molecule has 0 heterocycles. The molecule has 1 N–H and O–H groups in total. The van der Waals surface area contributed by atoms with Gasteiger partial charge < -0.3 is 14.8 Å². The zero-order chi connectivity index (χ0) is 15.2. The second-order valence-corrected chi connectivity index (χ2v) is 5.66. The van der Waals surface area contributed by atoms with Gasteiger partial charge in [0, 0.05) is 16.1 Å². The minimum absolute atomic E-state index is 0.147. The Kier molecular flexibility index (Phi) is 5.65. The van der Waals surface area contributed by atoms with E-state index in [-0.39, 0.29) is 6.04 Å². The standard InChI is InChI=1S/C17H20BrNO2/c1-19-15(10-12-6-4-5-7-16(12)20-2)14-11-13(18)8-9-17(14)21-3/h4-9,11,15,19H,10H2,1-3H3. The molecule has 2 rings (SSSR count). The van der Waals surface area contributed by atoms with Gasteiger partial charge in [0.2, 0.25) is 0 Å². The van der Waals surface area contributed by atoms with E-state index in [1.54, 1.807) is 14.2 Å². The highest BCUT2D eigenvalue weighted by Gasteiger charge is 2.17. The maximum atomic E-state index is 5.49. The molecule has 0 fully saturated rings. The lowest BCUT2D eigenvalue weighted by Crippen LogP contribution is -2.20. The zero-order valence-electron chi connectivity index (χ0n) is 12.5. The number of ether oxygens (including phenoxy) is 2. The van der Waals surface area contributed by atoms with E-state index in [9.17, 15) is 0 Å². The summed E-state index contributed by atoms with van der Waals surface area (Å²) < 4.78 is 12.0. The van der Waals surface area contributed by atoms with Crippen molar-refractivity contribution in [2.75, 3.05) is 21.3 Å². The van der Waals surface area contributed by atoms with Crippen LogP contribution >= 0.6 is 15.9 Å². The molecule has 2 aromatic rings. The Morgan fingerprint density at radius 3 is 2.43 bits per heavy atom. The summed E-state index contributed by atoms with van der Waals surface area (Å²) in [5.74, 6) is 1.79. The molecule has 0 radical (unpaired) electrons. The Balaban J connectivity index is 2.34. The molecule has 2 aromatic carbocycles. The number of nitrogens with one attached hydrogen (secondary N) is 1. The lowest BCUT2D eigenvalue weighted by atomic mass is 9.97. The number of hydrogen-bond acceptors (Lipinski definition) is 3. The highest BCUT2D eigenvalue weighted by atomic mass is 79.9. The first-order valence-electron chi connectivity index (χ1n) is 6.82. The Morgan fingerprint density at radius 2 is 1.76 bits per heavy atom. The van der Waals surface area contributed by atoms with Gasteiger partial charge >= 0.3 is 0 Å². The van der Waals surface area contributed by atoms with Gasteiger partial charge in [0.15, 0.2) is 0 Å². The fourth-order valence-corrected chi connectivity index (χ4v) is 2.82.